The highest BCUT2D eigenvalue weighted by atomic mass is 16.5. The molecule has 1 fully saturated rings. The zero-order valence-corrected chi connectivity index (χ0v) is 14.6. The summed E-state index contributed by atoms with van der Waals surface area (Å²) >= 11 is 0. The SMILES string of the molecule is CO[C@@]1(c2ccnc(-n3ncc4cnc(NC(C)=O)cc43)c2)CCOC1. The van der Waals surface area contributed by atoms with Crippen molar-refractivity contribution in [2.24, 2.45) is 0 Å². The highest BCUT2D eigenvalue weighted by Crippen LogP contribution is 2.34. The largest absolute Gasteiger partial charge is 0.378 e. The summed E-state index contributed by atoms with van der Waals surface area (Å²) in [7, 11) is 1.70. The van der Waals surface area contributed by atoms with E-state index in [2.05, 4.69) is 20.4 Å². The zero-order valence-electron chi connectivity index (χ0n) is 14.6. The number of pyridine rings is 2. The molecule has 8 heteroatoms. The van der Waals surface area contributed by atoms with Crippen LogP contribution in [0.3, 0.4) is 0 Å². The van der Waals surface area contributed by atoms with E-state index in [-0.39, 0.29) is 5.91 Å². The van der Waals surface area contributed by atoms with Gasteiger partial charge in [-0.25, -0.2) is 14.6 Å². The summed E-state index contributed by atoms with van der Waals surface area (Å²) in [6.07, 6.45) is 5.94. The molecular formula is C18H19N5O3. The van der Waals surface area contributed by atoms with E-state index >= 15 is 0 Å². The molecule has 0 saturated carbocycles. The Kier molecular flexibility index (Phi) is 4.14. The van der Waals surface area contributed by atoms with Crippen LogP contribution in [-0.4, -0.2) is 46.0 Å². The fourth-order valence-electron chi connectivity index (χ4n) is 3.22. The Morgan fingerprint density at radius 2 is 2.23 bits per heavy atom. The lowest BCUT2D eigenvalue weighted by molar-refractivity contribution is -0.114. The van der Waals surface area contributed by atoms with Gasteiger partial charge < -0.3 is 14.8 Å². The topological polar surface area (TPSA) is 91.2 Å². The van der Waals surface area contributed by atoms with Crippen LogP contribution in [0.5, 0.6) is 0 Å². The Balaban J connectivity index is 1.78. The predicted octanol–water partition coefficient (Wildman–Crippen LogP) is 2.04. The molecule has 4 heterocycles. The highest BCUT2D eigenvalue weighted by Gasteiger charge is 2.37. The maximum Gasteiger partial charge on any atom is 0.222 e. The van der Waals surface area contributed by atoms with Crippen molar-refractivity contribution in [2.75, 3.05) is 25.6 Å². The van der Waals surface area contributed by atoms with Gasteiger partial charge in [0, 0.05) is 50.9 Å². The number of rotatable bonds is 4. The number of hydrogen-bond acceptors (Lipinski definition) is 6. The number of fused-ring (bicyclic) bond motifs is 1. The van der Waals surface area contributed by atoms with Crippen LogP contribution in [-0.2, 0) is 19.9 Å². The quantitative estimate of drug-likeness (QED) is 0.772. The van der Waals surface area contributed by atoms with Crippen LogP contribution < -0.4 is 5.32 Å². The Morgan fingerprint density at radius 1 is 1.35 bits per heavy atom. The van der Waals surface area contributed by atoms with Crippen molar-refractivity contribution in [3.05, 3.63) is 42.4 Å². The molecule has 8 nitrogen and oxygen atoms in total. The second-order valence-corrected chi connectivity index (χ2v) is 6.27. The number of carbonyl (C=O) groups excluding carboxylic acids is 1. The Hall–Kier alpha value is -2.84. The first-order valence-electron chi connectivity index (χ1n) is 8.32. The van der Waals surface area contributed by atoms with Gasteiger partial charge in [0.05, 0.1) is 18.3 Å². The standard InChI is InChI=1S/C18H19N5O3/c1-12(24)22-16-8-15-13(9-20-16)10-21-23(15)17-7-14(3-5-19-17)18(25-2)4-6-26-11-18/h3,5,7-10H,4,6,11H2,1-2H3,(H,20,22,24)/t18-/m0/s1. The van der Waals surface area contributed by atoms with Crippen LogP contribution in [0.25, 0.3) is 16.7 Å². The molecule has 1 aliphatic heterocycles. The van der Waals surface area contributed by atoms with Gasteiger partial charge in [-0.05, 0) is 17.7 Å². The average Bonchev–Trinajstić information content (AvgIpc) is 3.29. The Bertz CT molecular complexity index is 962. The molecule has 1 aliphatic rings. The number of carbonyl (C=O) groups is 1. The lowest BCUT2D eigenvalue weighted by Crippen LogP contribution is -2.29. The molecule has 1 N–H and O–H groups in total. The summed E-state index contributed by atoms with van der Waals surface area (Å²) in [6, 6.07) is 5.68. The van der Waals surface area contributed by atoms with Gasteiger partial charge >= 0.3 is 0 Å². The summed E-state index contributed by atoms with van der Waals surface area (Å²) in [6.45, 7) is 2.63. The molecule has 1 amide bonds. The first-order valence-corrected chi connectivity index (χ1v) is 8.32. The van der Waals surface area contributed by atoms with E-state index in [9.17, 15) is 4.79 Å². The minimum atomic E-state index is -0.455. The minimum absolute atomic E-state index is 0.175. The van der Waals surface area contributed by atoms with Gasteiger partial charge in [-0.1, -0.05) is 0 Å². The van der Waals surface area contributed by atoms with Crippen molar-refractivity contribution in [1.82, 2.24) is 19.7 Å². The van der Waals surface area contributed by atoms with Crippen molar-refractivity contribution in [3.63, 3.8) is 0 Å². The number of ether oxygens (including phenoxy) is 2. The van der Waals surface area contributed by atoms with Crippen LogP contribution in [0, 0.1) is 0 Å². The molecule has 4 rings (SSSR count). The Labute approximate surface area is 150 Å². The van der Waals surface area contributed by atoms with Gasteiger partial charge in [0.2, 0.25) is 5.91 Å². The van der Waals surface area contributed by atoms with Gasteiger partial charge in [0.15, 0.2) is 5.82 Å². The second-order valence-electron chi connectivity index (χ2n) is 6.27. The molecule has 3 aromatic rings. The molecule has 0 aromatic carbocycles. The number of nitrogens with zero attached hydrogens (tertiary/aromatic N) is 4. The van der Waals surface area contributed by atoms with Gasteiger partial charge in [0.1, 0.15) is 11.4 Å². The van der Waals surface area contributed by atoms with Crippen molar-refractivity contribution in [1.29, 1.82) is 0 Å². The fourth-order valence-corrected chi connectivity index (χ4v) is 3.22. The molecule has 1 atom stereocenters. The van der Waals surface area contributed by atoms with Crippen LogP contribution >= 0.6 is 0 Å². The summed E-state index contributed by atoms with van der Waals surface area (Å²) in [5, 5.41) is 7.98. The van der Waals surface area contributed by atoms with E-state index in [1.807, 2.05) is 12.1 Å². The van der Waals surface area contributed by atoms with Crippen LogP contribution in [0.2, 0.25) is 0 Å². The molecule has 26 heavy (non-hydrogen) atoms. The van der Waals surface area contributed by atoms with Crippen molar-refractivity contribution in [2.45, 2.75) is 18.9 Å². The molecule has 0 unspecified atom stereocenters. The predicted molar refractivity (Wildman–Crippen MR) is 95.1 cm³/mol. The number of aromatic nitrogens is 4. The molecule has 1 saturated heterocycles. The third-order valence-corrected chi connectivity index (χ3v) is 4.62. The molecule has 3 aromatic heterocycles. The van der Waals surface area contributed by atoms with Crippen molar-refractivity contribution >= 4 is 22.6 Å². The molecule has 0 aliphatic carbocycles. The normalized spacial score (nSPS) is 19.8. The first-order chi connectivity index (χ1) is 12.6. The van der Waals surface area contributed by atoms with Gasteiger partial charge in [-0.15, -0.1) is 0 Å². The number of methoxy groups -OCH3 is 1. The Morgan fingerprint density at radius 3 is 2.96 bits per heavy atom. The number of anilines is 1. The third kappa shape index (κ3) is 2.83. The highest BCUT2D eigenvalue weighted by molar-refractivity contribution is 5.90. The molecule has 0 spiro atoms. The zero-order chi connectivity index (χ0) is 18.1. The summed E-state index contributed by atoms with van der Waals surface area (Å²) in [4.78, 5) is 20.0. The summed E-state index contributed by atoms with van der Waals surface area (Å²) in [5.41, 5.74) is 1.36. The monoisotopic (exact) mass is 353 g/mol. The fraction of sp³-hybridized carbons (Fsp3) is 0.333. The number of amides is 1. The van der Waals surface area contributed by atoms with Crippen LogP contribution in [0.15, 0.2) is 36.8 Å². The lowest BCUT2D eigenvalue weighted by atomic mass is 9.93. The summed E-state index contributed by atoms with van der Waals surface area (Å²) in [5.74, 6) is 0.965. The van der Waals surface area contributed by atoms with Gasteiger partial charge in [-0.3, -0.25) is 4.79 Å². The van der Waals surface area contributed by atoms with Crippen molar-refractivity contribution in [3.8, 4) is 5.82 Å². The van der Waals surface area contributed by atoms with Crippen LogP contribution in [0.4, 0.5) is 5.82 Å². The second kappa shape index (κ2) is 6.47. The van der Waals surface area contributed by atoms with E-state index in [1.165, 1.54) is 6.92 Å². The smallest absolute Gasteiger partial charge is 0.222 e. The molecule has 134 valence electrons. The van der Waals surface area contributed by atoms with Gasteiger partial charge in [-0.2, -0.15) is 5.10 Å². The number of hydrogen-bond donors (Lipinski definition) is 1. The van der Waals surface area contributed by atoms with E-state index < -0.39 is 5.60 Å². The lowest BCUT2D eigenvalue weighted by Gasteiger charge is -2.26. The van der Waals surface area contributed by atoms with Crippen LogP contribution in [0.1, 0.15) is 18.9 Å². The van der Waals surface area contributed by atoms with Gasteiger partial charge in [0.25, 0.3) is 0 Å². The minimum Gasteiger partial charge on any atom is -0.378 e. The summed E-state index contributed by atoms with van der Waals surface area (Å²) < 4.78 is 13.0. The van der Waals surface area contributed by atoms with E-state index in [1.54, 1.807) is 36.4 Å². The van der Waals surface area contributed by atoms with E-state index in [0.29, 0.717) is 24.8 Å². The van der Waals surface area contributed by atoms with E-state index in [0.717, 1.165) is 22.9 Å². The number of nitrogens with one attached hydrogen (secondary N) is 1. The average molecular weight is 353 g/mol. The third-order valence-electron chi connectivity index (χ3n) is 4.62. The first kappa shape index (κ1) is 16.6. The molecule has 0 bridgehead atoms. The molecule has 0 radical (unpaired) electrons. The van der Waals surface area contributed by atoms with Crippen molar-refractivity contribution < 1.29 is 14.3 Å². The van der Waals surface area contributed by atoms with E-state index in [4.69, 9.17) is 9.47 Å². The maximum absolute atomic E-state index is 11.3. The maximum atomic E-state index is 11.3. The molecular weight excluding hydrogens is 334 g/mol.